The van der Waals surface area contributed by atoms with Crippen LogP contribution in [-0.2, 0) is 6.54 Å². The molecule has 0 amide bonds. The summed E-state index contributed by atoms with van der Waals surface area (Å²) in [6.45, 7) is 0.378. The predicted octanol–water partition coefficient (Wildman–Crippen LogP) is 1.41. The van der Waals surface area contributed by atoms with Crippen molar-refractivity contribution in [2.24, 2.45) is 0 Å². The Balaban J connectivity index is 1.84. The Kier molecular flexibility index (Phi) is 2.14. The van der Waals surface area contributed by atoms with Crippen LogP contribution in [0.3, 0.4) is 0 Å². The van der Waals surface area contributed by atoms with Crippen molar-refractivity contribution in [2.45, 2.75) is 6.54 Å². The zero-order chi connectivity index (χ0) is 11.7. The molecule has 2 aromatic heterocycles. The molecule has 0 saturated heterocycles. The second-order valence-corrected chi connectivity index (χ2v) is 3.41. The lowest BCUT2D eigenvalue weighted by Crippen LogP contribution is -2.01. The van der Waals surface area contributed by atoms with Crippen molar-refractivity contribution in [3.05, 3.63) is 30.4 Å². The van der Waals surface area contributed by atoms with Crippen molar-refractivity contribution in [3.8, 4) is 0 Å². The first-order chi connectivity index (χ1) is 8.33. The van der Waals surface area contributed by atoms with Crippen LogP contribution in [0.15, 0.2) is 33.5 Å². The standard InChI is InChI=1S/C10H9N5O2/c11-6-2-1-3-7-9(6)14-10(17-7)12-4-8-13-5-16-15-8/h1-3,5H,4,11H2,(H,12,14). The fraction of sp³-hybridized carbons (Fsp3) is 0.100. The van der Waals surface area contributed by atoms with E-state index in [1.54, 1.807) is 12.1 Å². The van der Waals surface area contributed by atoms with Crippen molar-refractivity contribution in [1.82, 2.24) is 15.1 Å². The Morgan fingerprint density at radius 2 is 2.29 bits per heavy atom. The maximum absolute atomic E-state index is 5.77. The third-order valence-corrected chi connectivity index (χ3v) is 2.25. The van der Waals surface area contributed by atoms with Gasteiger partial charge in [-0.3, -0.25) is 0 Å². The van der Waals surface area contributed by atoms with Gasteiger partial charge in [-0.05, 0) is 12.1 Å². The maximum Gasteiger partial charge on any atom is 0.296 e. The second-order valence-electron chi connectivity index (χ2n) is 3.41. The molecule has 86 valence electrons. The molecule has 0 aliphatic heterocycles. The van der Waals surface area contributed by atoms with Gasteiger partial charge in [-0.2, -0.15) is 9.97 Å². The Labute approximate surface area is 95.6 Å². The Hall–Kier alpha value is -2.57. The number of hydrogen-bond acceptors (Lipinski definition) is 7. The van der Waals surface area contributed by atoms with Gasteiger partial charge in [-0.15, -0.1) is 0 Å². The number of oxazole rings is 1. The average molecular weight is 231 g/mol. The lowest BCUT2D eigenvalue weighted by atomic mass is 10.3. The molecule has 0 spiro atoms. The molecular formula is C10H9N5O2. The summed E-state index contributed by atoms with van der Waals surface area (Å²) >= 11 is 0. The molecular weight excluding hydrogens is 222 g/mol. The van der Waals surface area contributed by atoms with Gasteiger partial charge in [-0.25, -0.2) is 0 Å². The zero-order valence-corrected chi connectivity index (χ0v) is 8.75. The van der Waals surface area contributed by atoms with E-state index < -0.39 is 0 Å². The number of anilines is 2. The summed E-state index contributed by atoms with van der Waals surface area (Å²) in [5.74, 6) is 0.528. The van der Waals surface area contributed by atoms with Crippen LogP contribution >= 0.6 is 0 Å². The summed E-state index contributed by atoms with van der Waals surface area (Å²) in [6, 6.07) is 5.76. The van der Waals surface area contributed by atoms with Gasteiger partial charge in [0.05, 0.1) is 12.2 Å². The summed E-state index contributed by atoms with van der Waals surface area (Å²) in [7, 11) is 0. The van der Waals surface area contributed by atoms with E-state index in [2.05, 4.69) is 25.0 Å². The second kappa shape index (κ2) is 3.78. The molecule has 0 radical (unpaired) electrons. The van der Waals surface area contributed by atoms with Crippen molar-refractivity contribution in [2.75, 3.05) is 11.1 Å². The molecule has 0 atom stereocenters. The topological polar surface area (TPSA) is 103 Å². The van der Waals surface area contributed by atoms with Crippen molar-refractivity contribution >= 4 is 22.8 Å². The fourth-order valence-electron chi connectivity index (χ4n) is 1.47. The first kappa shape index (κ1) is 9.64. The highest BCUT2D eigenvalue weighted by Crippen LogP contribution is 2.23. The minimum atomic E-state index is 0.378. The minimum Gasteiger partial charge on any atom is -0.423 e. The summed E-state index contributed by atoms with van der Waals surface area (Å²) in [6.07, 6.45) is 1.26. The molecule has 1 aromatic carbocycles. The van der Waals surface area contributed by atoms with Gasteiger partial charge in [0.2, 0.25) is 6.39 Å². The third kappa shape index (κ3) is 1.78. The smallest absolute Gasteiger partial charge is 0.296 e. The van der Waals surface area contributed by atoms with Gasteiger partial charge in [0.1, 0.15) is 5.52 Å². The molecule has 0 bridgehead atoms. The SMILES string of the molecule is Nc1cccc2oc(NCc3ncon3)nc12. The van der Waals surface area contributed by atoms with E-state index >= 15 is 0 Å². The van der Waals surface area contributed by atoms with Crippen LogP contribution in [0, 0.1) is 0 Å². The van der Waals surface area contributed by atoms with Gasteiger partial charge in [-0.1, -0.05) is 11.2 Å². The van der Waals surface area contributed by atoms with Gasteiger partial charge in [0, 0.05) is 0 Å². The van der Waals surface area contributed by atoms with Crippen LogP contribution in [0.2, 0.25) is 0 Å². The van der Waals surface area contributed by atoms with Crippen LogP contribution in [0.25, 0.3) is 11.1 Å². The van der Waals surface area contributed by atoms with E-state index in [4.69, 9.17) is 10.2 Å². The summed E-state index contributed by atoms with van der Waals surface area (Å²) < 4.78 is 10.1. The first-order valence-corrected chi connectivity index (χ1v) is 4.97. The Morgan fingerprint density at radius 3 is 3.06 bits per heavy atom. The molecule has 0 unspecified atom stereocenters. The van der Waals surface area contributed by atoms with Crippen LogP contribution in [-0.4, -0.2) is 15.1 Å². The number of aromatic nitrogens is 3. The lowest BCUT2D eigenvalue weighted by Gasteiger charge is -1.94. The normalized spacial score (nSPS) is 10.8. The van der Waals surface area contributed by atoms with Crippen LogP contribution in [0.5, 0.6) is 0 Å². The number of nitrogen functional groups attached to an aromatic ring is 1. The van der Waals surface area contributed by atoms with Gasteiger partial charge >= 0.3 is 0 Å². The molecule has 17 heavy (non-hydrogen) atoms. The molecule has 3 N–H and O–H groups in total. The number of nitrogens with zero attached hydrogens (tertiary/aromatic N) is 3. The highest BCUT2D eigenvalue weighted by Gasteiger charge is 2.08. The number of hydrogen-bond donors (Lipinski definition) is 2. The summed E-state index contributed by atoms with van der Waals surface area (Å²) in [5, 5.41) is 6.61. The number of benzene rings is 1. The molecule has 0 aliphatic rings. The van der Waals surface area contributed by atoms with E-state index in [9.17, 15) is 0 Å². The number of nitrogens with one attached hydrogen (secondary N) is 1. The minimum absolute atomic E-state index is 0.378. The number of nitrogens with two attached hydrogens (primary N) is 1. The van der Waals surface area contributed by atoms with Crippen LogP contribution < -0.4 is 11.1 Å². The van der Waals surface area contributed by atoms with Gasteiger partial charge in [0.15, 0.2) is 11.4 Å². The molecule has 2 heterocycles. The number of rotatable bonds is 3. The van der Waals surface area contributed by atoms with Crippen molar-refractivity contribution in [1.29, 1.82) is 0 Å². The zero-order valence-electron chi connectivity index (χ0n) is 8.75. The monoisotopic (exact) mass is 231 g/mol. The Bertz CT molecular complexity index is 631. The van der Waals surface area contributed by atoms with Crippen molar-refractivity contribution < 1.29 is 8.94 Å². The largest absolute Gasteiger partial charge is 0.423 e. The predicted molar refractivity (Wildman–Crippen MR) is 60.0 cm³/mol. The van der Waals surface area contributed by atoms with Gasteiger partial charge < -0.3 is 20.0 Å². The van der Waals surface area contributed by atoms with E-state index in [0.717, 1.165) is 0 Å². The molecule has 0 fully saturated rings. The fourth-order valence-corrected chi connectivity index (χ4v) is 1.47. The maximum atomic E-state index is 5.77. The van der Waals surface area contributed by atoms with Crippen LogP contribution in [0.1, 0.15) is 5.82 Å². The van der Waals surface area contributed by atoms with E-state index in [0.29, 0.717) is 35.2 Å². The van der Waals surface area contributed by atoms with Gasteiger partial charge in [0.25, 0.3) is 6.01 Å². The number of fused-ring (bicyclic) bond motifs is 1. The van der Waals surface area contributed by atoms with E-state index in [1.165, 1.54) is 6.39 Å². The summed E-state index contributed by atoms with van der Waals surface area (Å²) in [5.41, 5.74) is 7.63. The van der Waals surface area contributed by atoms with E-state index in [1.807, 2.05) is 6.07 Å². The molecule has 0 saturated carbocycles. The average Bonchev–Trinajstić information content (AvgIpc) is 2.95. The highest BCUT2D eigenvalue weighted by atomic mass is 16.5. The lowest BCUT2D eigenvalue weighted by molar-refractivity contribution is 0.410. The molecule has 3 aromatic rings. The van der Waals surface area contributed by atoms with Crippen LogP contribution in [0.4, 0.5) is 11.7 Å². The van der Waals surface area contributed by atoms with Crippen molar-refractivity contribution in [3.63, 3.8) is 0 Å². The molecule has 7 nitrogen and oxygen atoms in total. The molecule has 0 aliphatic carbocycles. The third-order valence-electron chi connectivity index (χ3n) is 2.25. The quantitative estimate of drug-likeness (QED) is 0.656. The Morgan fingerprint density at radius 1 is 1.35 bits per heavy atom. The first-order valence-electron chi connectivity index (χ1n) is 4.97. The van der Waals surface area contributed by atoms with E-state index in [-0.39, 0.29) is 0 Å². The highest BCUT2D eigenvalue weighted by molar-refractivity contribution is 5.86. The number of para-hydroxylation sites is 1. The summed E-state index contributed by atoms with van der Waals surface area (Å²) in [4.78, 5) is 8.09. The molecule has 3 rings (SSSR count). The molecule has 7 heteroatoms.